The van der Waals surface area contributed by atoms with Crippen LogP contribution in [0.25, 0.3) is 0 Å². The first-order valence-electron chi connectivity index (χ1n) is 10.3. The van der Waals surface area contributed by atoms with Gasteiger partial charge in [0.2, 0.25) is 0 Å². The molecule has 2 rings (SSSR count). The Morgan fingerprint density at radius 2 is 1.56 bits per heavy atom. The second kappa shape index (κ2) is 14.0. The fraction of sp³-hybridized carbons (Fsp3) is 0.727. The average Bonchev–Trinajstić information content (AvgIpc) is 2.68. The molecule has 0 amide bonds. The van der Waals surface area contributed by atoms with Gasteiger partial charge in [0.1, 0.15) is 0 Å². The summed E-state index contributed by atoms with van der Waals surface area (Å²) in [6.07, 6.45) is 14.1. The van der Waals surface area contributed by atoms with Crippen molar-refractivity contribution in [2.45, 2.75) is 88.4 Å². The lowest BCUT2D eigenvalue weighted by Crippen LogP contribution is -2.27. The molecule has 25 heavy (non-hydrogen) atoms. The van der Waals surface area contributed by atoms with Crippen LogP contribution in [0.3, 0.4) is 0 Å². The normalized spacial score (nSPS) is 16.8. The van der Waals surface area contributed by atoms with Crippen molar-refractivity contribution in [2.24, 2.45) is 0 Å². The summed E-state index contributed by atoms with van der Waals surface area (Å²) in [5.41, 5.74) is 1.30. The summed E-state index contributed by atoms with van der Waals surface area (Å²) in [6, 6.07) is 10.6. The molecule has 1 aromatic rings. The van der Waals surface area contributed by atoms with Gasteiger partial charge in [0, 0.05) is 0 Å². The minimum Gasteiger partial charge on any atom is -0.372 e. The Kier molecular flexibility index (Phi) is 11.9. The van der Waals surface area contributed by atoms with E-state index >= 15 is 0 Å². The second-order valence-electron chi connectivity index (χ2n) is 7.06. The molecule has 0 aliphatic carbocycles. The number of thioether (sulfide) groups is 2. The molecule has 0 spiro atoms. The van der Waals surface area contributed by atoms with Gasteiger partial charge in [-0.25, -0.2) is 0 Å². The number of rotatable bonds is 13. The molecule has 0 saturated carbocycles. The van der Waals surface area contributed by atoms with Crippen molar-refractivity contribution in [3.05, 3.63) is 35.9 Å². The highest BCUT2D eigenvalue weighted by Crippen LogP contribution is 2.36. The zero-order chi connectivity index (χ0) is 17.6. The van der Waals surface area contributed by atoms with E-state index in [-0.39, 0.29) is 0 Å². The maximum absolute atomic E-state index is 6.39. The van der Waals surface area contributed by atoms with Crippen molar-refractivity contribution >= 4 is 23.5 Å². The van der Waals surface area contributed by atoms with E-state index < -0.39 is 0 Å². The van der Waals surface area contributed by atoms with E-state index in [4.69, 9.17) is 4.74 Å². The fourth-order valence-electron chi connectivity index (χ4n) is 3.28. The molecule has 0 aromatic heterocycles. The van der Waals surface area contributed by atoms with E-state index in [1.54, 1.807) is 0 Å². The lowest BCUT2D eigenvalue weighted by atomic mass is 10.1. The molecule has 1 fully saturated rings. The molecule has 3 heteroatoms. The highest BCUT2D eigenvalue weighted by molar-refractivity contribution is 8.17. The summed E-state index contributed by atoms with van der Waals surface area (Å²) in [7, 11) is 0. The molecule has 1 nitrogen and oxygen atoms in total. The Morgan fingerprint density at radius 1 is 0.920 bits per heavy atom. The first kappa shape index (κ1) is 21.2. The predicted octanol–water partition coefficient (Wildman–Crippen LogP) is 7.30. The third-order valence-corrected chi connectivity index (χ3v) is 7.94. The Labute approximate surface area is 164 Å². The number of hydrogen-bond acceptors (Lipinski definition) is 3. The third kappa shape index (κ3) is 9.40. The van der Waals surface area contributed by atoms with E-state index in [0.717, 1.165) is 6.61 Å². The lowest BCUT2D eigenvalue weighted by Gasteiger charge is -2.29. The molecule has 0 unspecified atom stereocenters. The maximum atomic E-state index is 6.39. The van der Waals surface area contributed by atoms with Gasteiger partial charge < -0.3 is 4.74 Å². The van der Waals surface area contributed by atoms with Crippen molar-refractivity contribution in [2.75, 3.05) is 11.5 Å². The van der Waals surface area contributed by atoms with Crippen LogP contribution in [0.1, 0.15) is 76.7 Å². The topological polar surface area (TPSA) is 9.23 Å². The molecule has 1 aliphatic rings. The number of unbranched alkanes of at least 4 members (excludes halogenated alkanes) is 7. The number of hydrogen-bond donors (Lipinski definition) is 0. The summed E-state index contributed by atoms with van der Waals surface area (Å²) in [4.78, 5) is 0. The zero-order valence-corrected chi connectivity index (χ0v) is 17.6. The summed E-state index contributed by atoms with van der Waals surface area (Å²) in [6.45, 7) is 3.05. The highest BCUT2D eigenvalue weighted by atomic mass is 32.2. The Bertz CT molecular complexity index is 417. The Morgan fingerprint density at radius 3 is 2.24 bits per heavy atom. The van der Waals surface area contributed by atoms with Crippen LogP contribution in [-0.4, -0.2) is 22.2 Å². The van der Waals surface area contributed by atoms with Gasteiger partial charge in [-0.15, -0.1) is 23.5 Å². The van der Waals surface area contributed by atoms with Gasteiger partial charge >= 0.3 is 0 Å². The largest absolute Gasteiger partial charge is 0.372 e. The maximum Gasteiger partial charge on any atom is 0.0789 e. The molecule has 0 N–H and O–H groups in total. The van der Waals surface area contributed by atoms with Crippen LogP contribution in [-0.2, 0) is 11.3 Å². The molecular formula is C22H36OS2. The standard InChI is InChI=1S/C22H36OS2/c1-2-3-4-5-6-7-8-12-16-21(22-24-17-13-18-25-22)23-19-20-14-10-9-11-15-20/h9-11,14-15,21-22H,2-8,12-13,16-19H2,1H3/t21-/m0/s1. The molecule has 0 radical (unpaired) electrons. The molecule has 1 atom stereocenters. The van der Waals surface area contributed by atoms with Gasteiger partial charge in [-0.05, 0) is 29.9 Å². The van der Waals surface area contributed by atoms with E-state index in [0.29, 0.717) is 10.7 Å². The SMILES string of the molecule is CCCCCCCCCC[C@H](OCc1ccccc1)C1SCCCS1. The summed E-state index contributed by atoms with van der Waals surface area (Å²) < 4.78 is 7.03. The van der Waals surface area contributed by atoms with Crippen LogP contribution < -0.4 is 0 Å². The Hall–Kier alpha value is -0.120. The smallest absolute Gasteiger partial charge is 0.0789 e. The van der Waals surface area contributed by atoms with E-state index in [2.05, 4.69) is 60.8 Å². The van der Waals surface area contributed by atoms with Crippen molar-refractivity contribution in [1.29, 1.82) is 0 Å². The summed E-state index contributed by atoms with van der Waals surface area (Å²) in [5, 5.41) is 0. The van der Waals surface area contributed by atoms with Gasteiger partial charge in [0.15, 0.2) is 0 Å². The monoisotopic (exact) mass is 380 g/mol. The molecule has 142 valence electrons. The lowest BCUT2D eigenvalue weighted by molar-refractivity contribution is 0.0441. The van der Waals surface area contributed by atoms with Gasteiger partial charge in [-0.1, -0.05) is 88.6 Å². The molecule has 0 bridgehead atoms. The van der Waals surface area contributed by atoms with Crippen LogP contribution in [0, 0.1) is 0 Å². The van der Waals surface area contributed by atoms with Crippen molar-refractivity contribution in [3.63, 3.8) is 0 Å². The van der Waals surface area contributed by atoms with Crippen LogP contribution in [0.4, 0.5) is 0 Å². The predicted molar refractivity (Wildman–Crippen MR) is 116 cm³/mol. The van der Waals surface area contributed by atoms with Gasteiger partial charge in [-0.3, -0.25) is 0 Å². The quantitative estimate of drug-likeness (QED) is 0.332. The summed E-state index contributed by atoms with van der Waals surface area (Å²) >= 11 is 4.24. The minimum absolute atomic E-state index is 0.413. The average molecular weight is 381 g/mol. The van der Waals surface area contributed by atoms with Gasteiger partial charge in [0.25, 0.3) is 0 Å². The van der Waals surface area contributed by atoms with Crippen molar-refractivity contribution in [3.8, 4) is 0 Å². The van der Waals surface area contributed by atoms with Crippen LogP contribution in [0.5, 0.6) is 0 Å². The fourth-order valence-corrected chi connectivity index (χ4v) is 6.37. The Balaban J connectivity index is 1.67. The van der Waals surface area contributed by atoms with Gasteiger partial charge in [0.05, 0.1) is 17.3 Å². The molecule has 1 saturated heterocycles. The van der Waals surface area contributed by atoms with E-state index in [1.165, 1.54) is 81.3 Å². The van der Waals surface area contributed by atoms with Crippen LogP contribution >= 0.6 is 23.5 Å². The molecule has 1 heterocycles. The van der Waals surface area contributed by atoms with Crippen molar-refractivity contribution in [1.82, 2.24) is 0 Å². The second-order valence-corrected chi connectivity index (χ2v) is 9.86. The van der Waals surface area contributed by atoms with E-state index in [9.17, 15) is 0 Å². The summed E-state index contributed by atoms with van der Waals surface area (Å²) in [5.74, 6) is 2.61. The molecule has 1 aliphatic heterocycles. The van der Waals surface area contributed by atoms with Crippen LogP contribution in [0.15, 0.2) is 30.3 Å². The third-order valence-electron chi connectivity index (χ3n) is 4.81. The van der Waals surface area contributed by atoms with E-state index in [1.807, 2.05) is 0 Å². The first-order valence-corrected chi connectivity index (χ1v) is 12.4. The minimum atomic E-state index is 0.413. The highest BCUT2D eigenvalue weighted by Gasteiger charge is 2.25. The molecular weight excluding hydrogens is 344 g/mol. The number of ether oxygens (including phenoxy) is 1. The van der Waals surface area contributed by atoms with Crippen LogP contribution in [0.2, 0.25) is 0 Å². The first-order chi connectivity index (χ1) is 12.4. The number of benzene rings is 1. The van der Waals surface area contributed by atoms with Gasteiger partial charge in [-0.2, -0.15) is 0 Å². The molecule has 1 aromatic carbocycles. The van der Waals surface area contributed by atoms with Crippen molar-refractivity contribution < 1.29 is 4.74 Å². The zero-order valence-electron chi connectivity index (χ0n) is 16.0.